The molecule has 1 amide bonds. The van der Waals surface area contributed by atoms with Crippen LogP contribution in [0, 0.1) is 0 Å². The molecule has 4 aromatic rings. The maximum atomic E-state index is 12.4. The number of carbonyl (C=O) groups excluding carboxylic acids is 2. The number of para-hydroxylation sites is 1. The minimum absolute atomic E-state index is 0.200. The van der Waals surface area contributed by atoms with Crippen molar-refractivity contribution in [2.45, 2.75) is 6.42 Å². The van der Waals surface area contributed by atoms with Gasteiger partial charge in [0.05, 0.1) is 18.2 Å². The lowest BCUT2D eigenvalue weighted by atomic mass is 10.0. The Morgan fingerprint density at radius 1 is 0.875 bits per heavy atom. The summed E-state index contributed by atoms with van der Waals surface area (Å²) in [5, 5.41) is 6.69. The van der Waals surface area contributed by atoms with E-state index in [9.17, 15) is 9.59 Å². The summed E-state index contributed by atoms with van der Waals surface area (Å²) in [6.07, 6.45) is 1.65. The van der Waals surface area contributed by atoms with E-state index in [-0.39, 0.29) is 12.3 Å². The number of esters is 1. The molecule has 0 aromatic heterocycles. The van der Waals surface area contributed by atoms with Gasteiger partial charge in [0, 0.05) is 10.6 Å². The number of carbonyl (C=O) groups is 2. The normalized spacial score (nSPS) is 10.9. The summed E-state index contributed by atoms with van der Waals surface area (Å²) in [4.78, 5) is 24.8. The predicted octanol–water partition coefficient (Wildman–Crippen LogP) is 5.41. The highest BCUT2D eigenvalue weighted by Gasteiger charge is 2.11. The van der Waals surface area contributed by atoms with Gasteiger partial charge >= 0.3 is 5.97 Å². The quantitative estimate of drug-likeness (QED) is 0.188. The Morgan fingerprint density at radius 3 is 2.44 bits per heavy atom. The predicted molar refractivity (Wildman–Crippen MR) is 126 cm³/mol. The van der Waals surface area contributed by atoms with Crippen molar-refractivity contribution in [3.05, 3.63) is 113 Å². The first-order chi connectivity index (χ1) is 15.6. The van der Waals surface area contributed by atoms with E-state index in [4.69, 9.17) is 16.3 Å². The largest absolute Gasteiger partial charge is 0.422 e. The van der Waals surface area contributed by atoms with E-state index < -0.39 is 5.97 Å². The Kier molecular flexibility index (Phi) is 6.58. The molecule has 158 valence electrons. The smallest absolute Gasteiger partial charge is 0.343 e. The van der Waals surface area contributed by atoms with Crippen molar-refractivity contribution in [1.29, 1.82) is 0 Å². The number of nitrogens with zero attached hydrogens (tertiary/aromatic N) is 1. The highest BCUT2D eigenvalue weighted by atomic mass is 35.5. The van der Waals surface area contributed by atoms with E-state index in [2.05, 4.69) is 10.5 Å². The average Bonchev–Trinajstić information content (AvgIpc) is 2.81. The Morgan fingerprint density at radius 2 is 1.59 bits per heavy atom. The monoisotopic (exact) mass is 442 g/mol. The van der Waals surface area contributed by atoms with Gasteiger partial charge in [0.2, 0.25) is 5.91 Å². The molecule has 4 aromatic carbocycles. The molecule has 6 heteroatoms. The first-order valence-electron chi connectivity index (χ1n) is 9.95. The Bertz CT molecular complexity index is 1290. The molecule has 0 heterocycles. The van der Waals surface area contributed by atoms with Crippen LogP contribution >= 0.6 is 11.6 Å². The first-order valence-corrected chi connectivity index (χ1v) is 10.3. The number of hydrogen-bond donors (Lipinski definition) is 1. The van der Waals surface area contributed by atoms with Gasteiger partial charge in [-0.15, -0.1) is 0 Å². The van der Waals surface area contributed by atoms with Gasteiger partial charge in [-0.1, -0.05) is 66.2 Å². The van der Waals surface area contributed by atoms with E-state index in [1.807, 2.05) is 42.5 Å². The van der Waals surface area contributed by atoms with Gasteiger partial charge in [-0.25, -0.2) is 10.2 Å². The number of halogens is 1. The minimum atomic E-state index is -0.512. The number of rotatable bonds is 6. The van der Waals surface area contributed by atoms with Crippen LogP contribution in [0.4, 0.5) is 0 Å². The number of hydrazone groups is 1. The van der Waals surface area contributed by atoms with Crippen LogP contribution in [0.2, 0.25) is 5.02 Å². The number of benzene rings is 4. The first kappa shape index (κ1) is 21.3. The van der Waals surface area contributed by atoms with Gasteiger partial charge in [-0.05, 0) is 52.7 Å². The summed E-state index contributed by atoms with van der Waals surface area (Å²) in [6, 6.07) is 27.2. The van der Waals surface area contributed by atoms with Crippen LogP contribution in [-0.4, -0.2) is 18.1 Å². The van der Waals surface area contributed by atoms with Crippen molar-refractivity contribution in [1.82, 2.24) is 5.43 Å². The van der Waals surface area contributed by atoms with Gasteiger partial charge in [0.1, 0.15) is 5.75 Å². The van der Waals surface area contributed by atoms with E-state index in [0.717, 1.165) is 16.3 Å². The molecule has 0 atom stereocenters. The van der Waals surface area contributed by atoms with Crippen LogP contribution in [0.1, 0.15) is 21.5 Å². The van der Waals surface area contributed by atoms with Gasteiger partial charge < -0.3 is 4.74 Å². The molecule has 0 saturated carbocycles. The molecule has 0 aliphatic rings. The summed E-state index contributed by atoms with van der Waals surface area (Å²) in [5.74, 6) is -0.421. The number of nitrogens with one attached hydrogen (secondary N) is 1. The molecule has 0 spiro atoms. The Balaban J connectivity index is 1.42. The van der Waals surface area contributed by atoms with Crippen LogP contribution in [0.5, 0.6) is 5.75 Å². The number of hydrogen-bond acceptors (Lipinski definition) is 4. The van der Waals surface area contributed by atoms with E-state index >= 15 is 0 Å². The lowest BCUT2D eigenvalue weighted by molar-refractivity contribution is -0.120. The third-order valence-electron chi connectivity index (χ3n) is 4.83. The van der Waals surface area contributed by atoms with E-state index in [0.29, 0.717) is 21.9 Å². The fourth-order valence-electron chi connectivity index (χ4n) is 3.26. The summed E-state index contributed by atoms with van der Waals surface area (Å²) in [6.45, 7) is 0. The molecule has 32 heavy (non-hydrogen) atoms. The fraction of sp³-hybridized carbons (Fsp3) is 0.0385. The molecule has 0 saturated heterocycles. The number of fused-ring (bicyclic) bond motifs is 1. The molecule has 5 nitrogen and oxygen atoms in total. The fourth-order valence-corrected chi connectivity index (χ4v) is 3.38. The van der Waals surface area contributed by atoms with Gasteiger partial charge in [0.15, 0.2) is 0 Å². The lowest BCUT2D eigenvalue weighted by Gasteiger charge is -2.08. The molecule has 0 bridgehead atoms. The number of ether oxygens (including phenoxy) is 1. The molecule has 0 unspecified atom stereocenters. The van der Waals surface area contributed by atoms with Gasteiger partial charge in [-0.3, -0.25) is 4.79 Å². The Labute approximate surface area is 190 Å². The third-order valence-corrected chi connectivity index (χ3v) is 5.08. The third kappa shape index (κ3) is 5.20. The second kappa shape index (κ2) is 9.90. The Hall–Kier alpha value is -3.96. The van der Waals surface area contributed by atoms with Crippen LogP contribution < -0.4 is 10.2 Å². The van der Waals surface area contributed by atoms with Crippen molar-refractivity contribution in [2.75, 3.05) is 0 Å². The van der Waals surface area contributed by atoms with Crippen molar-refractivity contribution in [3.8, 4) is 5.75 Å². The van der Waals surface area contributed by atoms with Crippen LogP contribution in [0.3, 0.4) is 0 Å². The highest BCUT2D eigenvalue weighted by Crippen LogP contribution is 2.20. The molecule has 0 radical (unpaired) electrons. The van der Waals surface area contributed by atoms with Crippen molar-refractivity contribution < 1.29 is 14.3 Å². The van der Waals surface area contributed by atoms with Crippen LogP contribution in [-0.2, 0) is 11.2 Å². The maximum absolute atomic E-state index is 12.4. The summed E-state index contributed by atoms with van der Waals surface area (Å²) >= 11 is 5.86. The van der Waals surface area contributed by atoms with Crippen LogP contribution in [0.25, 0.3) is 10.8 Å². The zero-order valence-corrected chi connectivity index (χ0v) is 17.8. The zero-order valence-electron chi connectivity index (χ0n) is 17.0. The van der Waals surface area contributed by atoms with Gasteiger partial charge in [-0.2, -0.15) is 5.10 Å². The lowest BCUT2D eigenvalue weighted by Crippen LogP contribution is -2.20. The standard InChI is InChI=1S/C26H19ClN2O3/c27-22-14-12-19(13-15-22)26(31)32-24-11-4-2-7-21(24)17-28-29-25(30)16-20-9-5-8-18-6-1-3-10-23(18)20/h1-15,17H,16H2,(H,29,30)/b28-17+. The summed E-state index contributed by atoms with van der Waals surface area (Å²) in [7, 11) is 0. The molecule has 0 aliphatic carbocycles. The molecule has 0 aliphatic heterocycles. The zero-order chi connectivity index (χ0) is 22.3. The molecule has 0 fully saturated rings. The minimum Gasteiger partial charge on any atom is -0.422 e. The second-order valence-electron chi connectivity index (χ2n) is 7.04. The molecular weight excluding hydrogens is 424 g/mol. The maximum Gasteiger partial charge on any atom is 0.343 e. The molecule has 1 N–H and O–H groups in total. The van der Waals surface area contributed by atoms with Gasteiger partial charge in [0.25, 0.3) is 0 Å². The summed E-state index contributed by atoms with van der Waals surface area (Å²) < 4.78 is 5.49. The van der Waals surface area contributed by atoms with Crippen molar-refractivity contribution >= 4 is 40.5 Å². The van der Waals surface area contributed by atoms with E-state index in [1.54, 1.807) is 48.5 Å². The van der Waals surface area contributed by atoms with Crippen LogP contribution in [0.15, 0.2) is 96.1 Å². The number of amides is 1. The molecular formula is C26H19ClN2O3. The summed E-state index contributed by atoms with van der Waals surface area (Å²) in [5.41, 5.74) is 4.40. The van der Waals surface area contributed by atoms with E-state index in [1.165, 1.54) is 6.21 Å². The van der Waals surface area contributed by atoms with Crippen molar-refractivity contribution in [2.24, 2.45) is 5.10 Å². The van der Waals surface area contributed by atoms with Crippen molar-refractivity contribution in [3.63, 3.8) is 0 Å². The average molecular weight is 443 g/mol. The SMILES string of the molecule is O=C(Cc1cccc2ccccc12)N/N=C/c1ccccc1OC(=O)c1ccc(Cl)cc1. The topological polar surface area (TPSA) is 67.8 Å². The highest BCUT2D eigenvalue weighted by molar-refractivity contribution is 6.30. The molecule has 4 rings (SSSR count). The second-order valence-corrected chi connectivity index (χ2v) is 7.48.